The molecule has 23 heavy (non-hydrogen) atoms. The third kappa shape index (κ3) is 4.61. The first-order valence-electron chi connectivity index (χ1n) is 8.30. The Labute approximate surface area is 135 Å². The van der Waals surface area contributed by atoms with Gasteiger partial charge in [0, 0.05) is 18.4 Å². The number of aromatic nitrogens is 4. The summed E-state index contributed by atoms with van der Waals surface area (Å²) < 4.78 is 5.29. The highest BCUT2D eigenvalue weighted by Crippen LogP contribution is 2.27. The van der Waals surface area contributed by atoms with Crippen LogP contribution in [0.3, 0.4) is 0 Å². The van der Waals surface area contributed by atoms with Gasteiger partial charge in [-0.1, -0.05) is 43.2 Å². The molecule has 1 aliphatic rings. The molecule has 0 amide bonds. The van der Waals surface area contributed by atoms with Crippen molar-refractivity contribution in [2.75, 3.05) is 6.61 Å². The second-order valence-electron chi connectivity index (χ2n) is 6.00. The number of aryl methyl sites for hydroxylation is 1. The van der Waals surface area contributed by atoms with Gasteiger partial charge in [-0.3, -0.25) is 4.79 Å². The highest BCUT2D eigenvalue weighted by Gasteiger charge is 2.19. The lowest BCUT2D eigenvalue weighted by Gasteiger charge is -2.08. The number of hydrogen-bond donors (Lipinski definition) is 0. The number of ether oxygens (including phenoxy) is 1. The zero-order chi connectivity index (χ0) is 15.9. The van der Waals surface area contributed by atoms with Crippen LogP contribution in [0.15, 0.2) is 30.3 Å². The lowest BCUT2D eigenvalue weighted by Crippen LogP contribution is -2.12. The van der Waals surface area contributed by atoms with E-state index in [1.54, 1.807) is 4.80 Å². The van der Waals surface area contributed by atoms with Crippen molar-refractivity contribution in [3.05, 3.63) is 30.3 Å². The number of esters is 1. The van der Waals surface area contributed by atoms with Crippen molar-refractivity contribution in [2.45, 2.75) is 45.1 Å². The molecular weight excluding hydrogens is 292 g/mol. The Kier molecular flexibility index (Phi) is 5.34. The van der Waals surface area contributed by atoms with E-state index in [1.807, 2.05) is 30.3 Å². The molecule has 0 radical (unpaired) electrons. The van der Waals surface area contributed by atoms with Crippen LogP contribution in [0.5, 0.6) is 0 Å². The summed E-state index contributed by atoms with van der Waals surface area (Å²) in [7, 11) is 0. The van der Waals surface area contributed by atoms with E-state index < -0.39 is 0 Å². The number of carbonyl (C=O) groups is 1. The molecule has 0 spiro atoms. The summed E-state index contributed by atoms with van der Waals surface area (Å²) in [6, 6.07) is 9.74. The van der Waals surface area contributed by atoms with E-state index >= 15 is 0 Å². The maximum Gasteiger partial charge on any atom is 0.306 e. The van der Waals surface area contributed by atoms with Crippen LogP contribution in [0.25, 0.3) is 11.4 Å². The summed E-state index contributed by atoms with van der Waals surface area (Å²) >= 11 is 0. The van der Waals surface area contributed by atoms with Crippen molar-refractivity contribution in [1.82, 2.24) is 20.2 Å². The van der Waals surface area contributed by atoms with Crippen molar-refractivity contribution in [2.24, 2.45) is 5.92 Å². The van der Waals surface area contributed by atoms with Gasteiger partial charge in [0.15, 0.2) is 0 Å². The minimum absolute atomic E-state index is 0.0755. The molecule has 0 N–H and O–H groups in total. The summed E-state index contributed by atoms with van der Waals surface area (Å²) in [6.07, 6.45) is 6.10. The molecule has 0 unspecified atom stereocenters. The van der Waals surface area contributed by atoms with Gasteiger partial charge in [0.1, 0.15) is 0 Å². The number of carbonyl (C=O) groups excluding carboxylic acids is 1. The van der Waals surface area contributed by atoms with Gasteiger partial charge in [0.2, 0.25) is 5.82 Å². The zero-order valence-corrected chi connectivity index (χ0v) is 13.2. The molecule has 1 fully saturated rings. The summed E-state index contributed by atoms with van der Waals surface area (Å²) in [5.41, 5.74) is 0.946. The van der Waals surface area contributed by atoms with Gasteiger partial charge in [-0.25, -0.2) is 0 Å². The van der Waals surface area contributed by atoms with Crippen molar-refractivity contribution in [3.63, 3.8) is 0 Å². The molecule has 0 aliphatic heterocycles. The highest BCUT2D eigenvalue weighted by molar-refractivity contribution is 5.69. The predicted molar refractivity (Wildman–Crippen MR) is 85.4 cm³/mol. The maximum atomic E-state index is 11.7. The zero-order valence-electron chi connectivity index (χ0n) is 13.2. The topological polar surface area (TPSA) is 69.9 Å². The standard InChI is InChI=1S/C17H22N4O2/c22-16(13-14-7-4-5-8-14)23-12-6-11-21-19-17(18-20-21)15-9-2-1-3-10-15/h1-3,9-10,14H,4-8,11-13H2. The quantitative estimate of drug-likeness (QED) is 0.580. The normalized spacial score (nSPS) is 15.0. The fraction of sp³-hybridized carbons (Fsp3) is 0.529. The van der Waals surface area contributed by atoms with E-state index in [-0.39, 0.29) is 5.97 Å². The molecule has 0 atom stereocenters. The van der Waals surface area contributed by atoms with Crippen LogP contribution in [0.4, 0.5) is 0 Å². The molecule has 0 bridgehead atoms. The Balaban J connectivity index is 1.37. The van der Waals surface area contributed by atoms with Crippen LogP contribution in [0.2, 0.25) is 0 Å². The predicted octanol–water partition coefficient (Wildman–Crippen LogP) is 2.85. The molecule has 6 nitrogen and oxygen atoms in total. The van der Waals surface area contributed by atoms with Gasteiger partial charge in [0.05, 0.1) is 13.2 Å². The fourth-order valence-corrected chi connectivity index (χ4v) is 2.94. The van der Waals surface area contributed by atoms with Gasteiger partial charge < -0.3 is 4.74 Å². The second kappa shape index (κ2) is 7.85. The Morgan fingerprint density at radius 2 is 2.00 bits per heavy atom. The Hall–Kier alpha value is -2.24. The lowest BCUT2D eigenvalue weighted by molar-refractivity contribution is -0.144. The molecule has 1 aliphatic carbocycles. The number of rotatable bonds is 7. The van der Waals surface area contributed by atoms with E-state index in [0.29, 0.717) is 37.7 Å². The van der Waals surface area contributed by atoms with Crippen molar-refractivity contribution in [3.8, 4) is 11.4 Å². The van der Waals surface area contributed by atoms with E-state index in [4.69, 9.17) is 4.74 Å². The van der Waals surface area contributed by atoms with Crippen molar-refractivity contribution in [1.29, 1.82) is 0 Å². The van der Waals surface area contributed by atoms with Crippen molar-refractivity contribution >= 4 is 5.97 Å². The summed E-state index contributed by atoms with van der Waals surface area (Å²) in [6.45, 7) is 1.00. The average Bonchev–Trinajstić information content (AvgIpc) is 3.24. The monoisotopic (exact) mass is 314 g/mol. The summed E-state index contributed by atoms with van der Waals surface area (Å²) in [4.78, 5) is 13.3. The fourth-order valence-electron chi connectivity index (χ4n) is 2.94. The van der Waals surface area contributed by atoms with Crippen LogP contribution < -0.4 is 0 Å². The highest BCUT2D eigenvalue weighted by atomic mass is 16.5. The molecule has 0 saturated heterocycles. The Bertz CT molecular complexity index is 621. The number of benzene rings is 1. The smallest absolute Gasteiger partial charge is 0.306 e. The number of tetrazole rings is 1. The van der Waals surface area contributed by atoms with Crippen LogP contribution in [-0.4, -0.2) is 32.8 Å². The Morgan fingerprint density at radius 3 is 2.78 bits per heavy atom. The van der Waals surface area contributed by atoms with Crippen molar-refractivity contribution < 1.29 is 9.53 Å². The second-order valence-corrected chi connectivity index (χ2v) is 6.00. The van der Waals surface area contributed by atoms with Gasteiger partial charge in [-0.05, 0) is 24.0 Å². The summed E-state index contributed by atoms with van der Waals surface area (Å²) in [5.74, 6) is 1.07. The molecule has 6 heteroatoms. The molecule has 1 heterocycles. The third-order valence-corrected chi connectivity index (χ3v) is 4.18. The van der Waals surface area contributed by atoms with Crippen LogP contribution in [-0.2, 0) is 16.1 Å². The average molecular weight is 314 g/mol. The molecule has 1 aromatic carbocycles. The summed E-state index contributed by atoms with van der Waals surface area (Å²) in [5, 5.41) is 12.4. The number of nitrogens with zero attached hydrogens (tertiary/aromatic N) is 4. The van der Waals surface area contributed by atoms with Gasteiger partial charge in [0.25, 0.3) is 0 Å². The third-order valence-electron chi connectivity index (χ3n) is 4.18. The Morgan fingerprint density at radius 1 is 1.22 bits per heavy atom. The van der Waals surface area contributed by atoms with E-state index in [1.165, 1.54) is 25.7 Å². The minimum atomic E-state index is -0.0755. The SMILES string of the molecule is O=C(CC1CCCC1)OCCCn1nnc(-c2ccccc2)n1. The molecule has 122 valence electrons. The first-order chi connectivity index (χ1) is 11.3. The first kappa shape index (κ1) is 15.6. The molecule has 1 aromatic heterocycles. The maximum absolute atomic E-state index is 11.7. The number of hydrogen-bond acceptors (Lipinski definition) is 5. The minimum Gasteiger partial charge on any atom is -0.466 e. The molecule has 2 aromatic rings. The van der Waals surface area contributed by atoms with Crippen LogP contribution in [0, 0.1) is 5.92 Å². The largest absolute Gasteiger partial charge is 0.466 e. The lowest BCUT2D eigenvalue weighted by atomic mass is 10.0. The molecule has 3 rings (SSSR count). The first-order valence-corrected chi connectivity index (χ1v) is 8.30. The van der Waals surface area contributed by atoms with Gasteiger partial charge in [-0.2, -0.15) is 4.80 Å². The molecular formula is C17H22N4O2. The van der Waals surface area contributed by atoms with Gasteiger partial charge >= 0.3 is 5.97 Å². The van der Waals surface area contributed by atoms with Gasteiger partial charge in [-0.15, -0.1) is 10.2 Å². The van der Waals surface area contributed by atoms with E-state index in [9.17, 15) is 4.79 Å². The van der Waals surface area contributed by atoms with E-state index in [2.05, 4.69) is 15.4 Å². The molecule has 1 saturated carbocycles. The van der Waals surface area contributed by atoms with E-state index in [0.717, 1.165) is 5.56 Å². The van der Waals surface area contributed by atoms with Crippen LogP contribution >= 0.6 is 0 Å². The van der Waals surface area contributed by atoms with Crippen LogP contribution in [0.1, 0.15) is 38.5 Å².